The number of nitrogens with one attached hydrogen (secondary N) is 3. The summed E-state index contributed by atoms with van der Waals surface area (Å²) in [5, 5.41) is 13.1. The van der Waals surface area contributed by atoms with Crippen molar-refractivity contribution in [3.05, 3.63) is 47.5 Å². The SMILES string of the molecule is CCc1[nH]ncc1C=O.CNC1CCC(Nc2cccc3nc(C(F)(F)F)cn23)CC1. The number of alkyl halides is 3. The van der Waals surface area contributed by atoms with Crippen LogP contribution in [0.5, 0.6) is 0 Å². The van der Waals surface area contributed by atoms with Crippen LogP contribution in [-0.2, 0) is 12.6 Å². The average Bonchev–Trinajstić information content (AvgIpc) is 3.41. The zero-order valence-electron chi connectivity index (χ0n) is 17.5. The van der Waals surface area contributed by atoms with Gasteiger partial charge in [-0.05, 0) is 51.3 Å². The summed E-state index contributed by atoms with van der Waals surface area (Å²) in [7, 11) is 1.96. The molecule has 0 saturated heterocycles. The summed E-state index contributed by atoms with van der Waals surface area (Å²) in [4.78, 5) is 13.8. The normalized spacial score (nSPS) is 19.0. The fraction of sp³-hybridized carbons (Fsp3) is 0.476. The summed E-state index contributed by atoms with van der Waals surface area (Å²) in [5.41, 5.74) is 1.02. The Bertz CT molecular complexity index is 989. The minimum atomic E-state index is -4.42. The lowest BCUT2D eigenvalue weighted by Gasteiger charge is -2.29. The van der Waals surface area contributed by atoms with Crippen molar-refractivity contribution in [3.8, 4) is 0 Å². The number of carbonyl (C=O) groups is 1. The Hall–Kier alpha value is -2.88. The van der Waals surface area contributed by atoms with Gasteiger partial charge >= 0.3 is 6.18 Å². The van der Waals surface area contributed by atoms with Gasteiger partial charge in [0.1, 0.15) is 11.5 Å². The molecule has 1 fully saturated rings. The van der Waals surface area contributed by atoms with E-state index in [0.29, 0.717) is 23.1 Å². The molecule has 0 atom stereocenters. The van der Waals surface area contributed by atoms with E-state index in [1.807, 2.05) is 14.0 Å². The largest absolute Gasteiger partial charge is 0.434 e. The van der Waals surface area contributed by atoms with Crippen LogP contribution in [0, 0.1) is 0 Å². The number of pyridine rings is 1. The number of aromatic nitrogens is 4. The number of imidazole rings is 1. The molecule has 0 amide bonds. The number of H-pyrrole nitrogens is 1. The van der Waals surface area contributed by atoms with E-state index in [1.165, 1.54) is 10.6 Å². The third-order valence-electron chi connectivity index (χ3n) is 5.50. The Morgan fingerprint density at radius 3 is 2.52 bits per heavy atom. The fourth-order valence-corrected chi connectivity index (χ4v) is 3.71. The monoisotopic (exact) mass is 436 g/mol. The molecule has 10 heteroatoms. The number of rotatable bonds is 5. The predicted molar refractivity (Wildman–Crippen MR) is 112 cm³/mol. The molecular weight excluding hydrogens is 409 g/mol. The average molecular weight is 436 g/mol. The molecule has 7 nitrogen and oxygen atoms in total. The summed E-state index contributed by atoms with van der Waals surface area (Å²) in [6.45, 7) is 1.97. The first kappa shape index (κ1) is 22.8. The summed E-state index contributed by atoms with van der Waals surface area (Å²) < 4.78 is 39.9. The van der Waals surface area contributed by atoms with Gasteiger partial charge in [-0.3, -0.25) is 14.3 Å². The van der Waals surface area contributed by atoms with Crippen LogP contribution in [0.15, 0.2) is 30.6 Å². The standard InChI is InChI=1S/C15H19F3N4.C6H8N2O/c1-19-10-5-7-11(8-6-10)20-13-3-2-4-14-21-12(9-22(13)14)15(16,17)18;1-2-6-5(4-9)3-7-8-6/h2-4,9-11,19-20H,5-8H2,1H3;3-4H,2H2,1H3,(H,7,8). The number of aldehydes is 1. The smallest absolute Gasteiger partial charge is 0.368 e. The van der Waals surface area contributed by atoms with Gasteiger partial charge in [-0.2, -0.15) is 18.3 Å². The van der Waals surface area contributed by atoms with Gasteiger partial charge in [0, 0.05) is 24.0 Å². The third kappa shape index (κ3) is 5.63. The first-order chi connectivity index (χ1) is 14.9. The summed E-state index contributed by atoms with van der Waals surface area (Å²) in [6.07, 6.45) is 3.95. The molecule has 1 aliphatic carbocycles. The number of anilines is 1. The van der Waals surface area contributed by atoms with Crippen molar-refractivity contribution >= 4 is 17.8 Å². The Balaban J connectivity index is 0.000000254. The molecule has 168 valence electrons. The summed E-state index contributed by atoms with van der Waals surface area (Å²) in [5.74, 6) is 0.661. The van der Waals surface area contributed by atoms with Crippen molar-refractivity contribution in [2.45, 2.75) is 57.3 Å². The lowest BCUT2D eigenvalue weighted by molar-refractivity contribution is -0.140. The Morgan fingerprint density at radius 1 is 1.23 bits per heavy atom. The van der Waals surface area contributed by atoms with E-state index in [0.717, 1.165) is 50.3 Å². The van der Waals surface area contributed by atoms with E-state index in [1.54, 1.807) is 18.2 Å². The molecule has 3 heterocycles. The van der Waals surface area contributed by atoms with Crippen LogP contribution in [-0.4, -0.2) is 45.0 Å². The molecular formula is C21H27F3N6O. The highest BCUT2D eigenvalue weighted by Crippen LogP contribution is 2.30. The highest BCUT2D eigenvalue weighted by molar-refractivity contribution is 5.75. The van der Waals surface area contributed by atoms with E-state index in [9.17, 15) is 18.0 Å². The van der Waals surface area contributed by atoms with Crippen molar-refractivity contribution in [2.24, 2.45) is 0 Å². The summed E-state index contributed by atoms with van der Waals surface area (Å²) >= 11 is 0. The van der Waals surface area contributed by atoms with Crippen LogP contribution in [0.2, 0.25) is 0 Å². The van der Waals surface area contributed by atoms with Crippen molar-refractivity contribution in [2.75, 3.05) is 12.4 Å². The van der Waals surface area contributed by atoms with E-state index in [2.05, 4.69) is 25.8 Å². The van der Waals surface area contributed by atoms with Gasteiger partial charge in [0.25, 0.3) is 0 Å². The Labute approximate surface area is 178 Å². The van der Waals surface area contributed by atoms with Crippen molar-refractivity contribution in [3.63, 3.8) is 0 Å². The van der Waals surface area contributed by atoms with Gasteiger partial charge in [-0.25, -0.2) is 4.98 Å². The highest BCUT2D eigenvalue weighted by Gasteiger charge is 2.34. The fourth-order valence-electron chi connectivity index (χ4n) is 3.71. The maximum Gasteiger partial charge on any atom is 0.434 e. The van der Waals surface area contributed by atoms with Crippen LogP contribution in [0.25, 0.3) is 5.65 Å². The molecule has 3 aromatic heterocycles. The van der Waals surface area contributed by atoms with E-state index in [4.69, 9.17) is 0 Å². The predicted octanol–water partition coefficient (Wildman–Crippen LogP) is 4.08. The molecule has 3 aromatic rings. The first-order valence-electron chi connectivity index (χ1n) is 10.3. The maximum absolute atomic E-state index is 12.8. The zero-order chi connectivity index (χ0) is 22.4. The Morgan fingerprint density at radius 2 is 1.94 bits per heavy atom. The van der Waals surface area contributed by atoms with Crippen molar-refractivity contribution in [1.29, 1.82) is 0 Å². The number of nitrogens with zero attached hydrogens (tertiary/aromatic N) is 3. The maximum atomic E-state index is 12.8. The minimum Gasteiger partial charge on any atom is -0.368 e. The minimum absolute atomic E-state index is 0.284. The highest BCUT2D eigenvalue weighted by atomic mass is 19.4. The van der Waals surface area contributed by atoms with Crippen LogP contribution >= 0.6 is 0 Å². The van der Waals surface area contributed by atoms with E-state index in [-0.39, 0.29) is 6.04 Å². The molecule has 31 heavy (non-hydrogen) atoms. The number of aromatic amines is 1. The third-order valence-corrected chi connectivity index (χ3v) is 5.50. The van der Waals surface area contributed by atoms with Crippen LogP contribution in [0.3, 0.4) is 0 Å². The number of hydrogen-bond acceptors (Lipinski definition) is 5. The molecule has 0 bridgehead atoms. The first-order valence-corrected chi connectivity index (χ1v) is 10.3. The van der Waals surface area contributed by atoms with Gasteiger partial charge in [0.05, 0.1) is 11.8 Å². The second-order valence-electron chi connectivity index (χ2n) is 7.52. The Kier molecular flexibility index (Phi) is 7.32. The topological polar surface area (TPSA) is 87.1 Å². The second kappa shape index (κ2) is 9.95. The molecule has 0 radical (unpaired) electrons. The molecule has 0 spiro atoms. The lowest BCUT2D eigenvalue weighted by Crippen LogP contribution is -2.35. The van der Waals surface area contributed by atoms with Gasteiger partial charge in [-0.1, -0.05) is 13.0 Å². The van der Waals surface area contributed by atoms with E-state index >= 15 is 0 Å². The van der Waals surface area contributed by atoms with E-state index < -0.39 is 11.9 Å². The number of carbonyl (C=O) groups excluding carboxylic acids is 1. The van der Waals surface area contributed by atoms with Gasteiger partial charge in [-0.15, -0.1) is 0 Å². The van der Waals surface area contributed by atoms with Crippen LogP contribution in [0.1, 0.15) is 54.4 Å². The quantitative estimate of drug-likeness (QED) is 0.525. The molecule has 0 aliphatic heterocycles. The zero-order valence-corrected chi connectivity index (χ0v) is 17.5. The molecule has 0 aromatic carbocycles. The van der Waals surface area contributed by atoms with Crippen LogP contribution < -0.4 is 10.6 Å². The van der Waals surface area contributed by atoms with Crippen molar-refractivity contribution < 1.29 is 18.0 Å². The molecule has 3 N–H and O–H groups in total. The summed E-state index contributed by atoms with van der Waals surface area (Å²) in [6, 6.07) is 5.92. The van der Waals surface area contributed by atoms with Gasteiger partial charge in [0.2, 0.25) is 0 Å². The van der Waals surface area contributed by atoms with Gasteiger partial charge in [0.15, 0.2) is 12.0 Å². The van der Waals surface area contributed by atoms with Gasteiger partial charge < -0.3 is 10.6 Å². The number of fused-ring (bicyclic) bond motifs is 1. The van der Waals surface area contributed by atoms with Crippen LogP contribution in [0.4, 0.5) is 19.0 Å². The second-order valence-corrected chi connectivity index (χ2v) is 7.52. The molecule has 0 unspecified atom stereocenters. The molecule has 1 aliphatic rings. The number of hydrogen-bond donors (Lipinski definition) is 3. The lowest BCUT2D eigenvalue weighted by atomic mass is 9.91. The molecule has 4 rings (SSSR count). The number of aryl methyl sites for hydroxylation is 1. The van der Waals surface area contributed by atoms with Crippen molar-refractivity contribution in [1.82, 2.24) is 24.9 Å². The molecule has 1 saturated carbocycles. The number of halogens is 3.